The third-order valence-corrected chi connectivity index (χ3v) is 8.89. The summed E-state index contributed by atoms with van der Waals surface area (Å²) >= 11 is 7.24. The molecule has 0 spiro atoms. The minimum absolute atomic E-state index is 0.0714. The number of thioether (sulfide) groups is 1. The van der Waals surface area contributed by atoms with E-state index in [1.54, 1.807) is 78.9 Å². The highest BCUT2D eigenvalue weighted by molar-refractivity contribution is 8.00. The van der Waals surface area contributed by atoms with Gasteiger partial charge in [0.25, 0.3) is 11.8 Å². The standard InChI is InChI=1S/C38H28ClN3O4S/c39-29-15-19-31(20-16-29)42-35(43)24-34(38(42)46)47-32-21-17-30(18-22-32)40-37(45)33(41-36(44)28-9-5-2-6-10-28)23-25-11-13-27(14-12-25)26-7-3-1-4-8-26/h1-23,34H,24H2,(H,40,45)(H,41,44)/b33-23-. The van der Waals surface area contributed by atoms with E-state index in [2.05, 4.69) is 10.6 Å². The summed E-state index contributed by atoms with van der Waals surface area (Å²) in [6.45, 7) is 0. The Labute approximate surface area is 281 Å². The summed E-state index contributed by atoms with van der Waals surface area (Å²) in [5.41, 5.74) is 4.31. The van der Waals surface area contributed by atoms with E-state index >= 15 is 0 Å². The van der Waals surface area contributed by atoms with Crippen LogP contribution in [0.1, 0.15) is 22.3 Å². The van der Waals surface area contributed by atoms with E-state index in [0.717, 1.165) is 21.6 Å². The summed E-state index contributed by atoms with van der Waals surface area (Å²) in [6, 6.07) is 39.9. The molecule has 47 heavy (non-hydrogen) atoms. The third kappa shape index (κ3) is 7.69. The van der Waals surface area contributed by atoms with Crippen molar-refractivity contribution in [2.75, 3.05) is 10.2 Å². The van der Waals surface area contributed by atoms with E-state index in [9.17, 15) is 19.2 Å². The number of halogens is 1. The van der Waals surface area contributed by atoms with Gasteiger partial charge in [0.2, 0.25) is 11.8 Å². The summed E-state index contributed by atoms with van der Waals surface area (Å²) in [4.78, 5) is 54.2. The number of rotatable bonds is 9. The van der Waals surface area contributed by atoms with Gasteiger partial charge in [-0.25, -0.2) is 4.90 Å². The molecular formula is C38H28ClN3O4S. The Morgan fingerprint density at radius 2 is 1.36 bits per heavy atom. The molecule has 2 N–H and O–H groups in total. The maximum Gasteiger partial charge on any atom is 0.272 e. The van der Waals surface area contributed by atoms with E-state index in [1.807, 2.05) is 60.7 Å². The second kappa shape index (κ2) is 14.3. The fourth-order valence-corrected chi connectivity index (χ4v) is 6.23. The lowest BCUT2D eigenvalue weighted by Gasteiger charge is -2.15. The number of carbonyl (C=O) groups excluding carboxylic acids is 4. The van der Waals surface area contributed by atoms with Crippen LogP contribution in [0.5, 0.6) is 0 Å². The normalized spacial score (nSPS) is 14.6. The lowest BCUT2D eigenvalue weighted by Crippen LogP contribution is -2.31. The molecule has 0 aromatic heterocycles. The monoisotopic (exact) mass is 657 g/mol. The van der Waals surface area contributed by atoms with Gasteiger partial charge >= 0.3 is 0 Å². The molecule has 4 amide bonds. The van der Waals surface area contributed by atoms with Crippen LogP contribution in [0.15, 0.2) is 144 Å². The first-order valence-corrected chi connectivity index (χ1v) is 16.0. The predicted molar refractivity (Wildman–Crippen MR) is 187 cm³/mol. The molecule has 1 atom stereocenters. The molecule has 9 heteroatoms. The highest BCUT2D eigenvalue weighted by Gasteiger charge is 2.40. The van der Waals surface area contributed by atoms with Gasteiger partial charge in [0.15, 0.2) is 0 Å². The number of hydrogen-bond acceptors (Lipinski definition) is 5. The fraction of sp³-hybridized carbons (Fsp3) is 0.0526. The van der Waals surface area contributed by atoms with Gasteiger partial charge in [-0.3, -0.25) is 19.2 Å². The minimum atomic E-state index is -0.574. The SMILES string of the molecule is O=C(Nc1ccc(SC2CC(=O)N(c3ccc(Cl)cc3)C2=O)cc1)/C(=C/c1ccc(-c2ccccc2)cc1)NC(=O)c1ccccc1. The zero-order valence-corrected chi connectivity index (χ0v) is 26.5. The van der Waals surface area contributed by atoms with E-state index in [1.165, 1.54) is 16.7 Å². The van der Waals surface area contributed by atoms with Gasteiger partial charge in [0, 0.05) is 27.6 Å². The van der Waals surface area contributed by atoms with Crippen LogP contribution in [0.3, 0.4) is 0 Å². The topological polar surface area (TPSA) is 95.6 Å². The molecule has 1 aliphatic rings. The zero-order valence-electron chi connectivity index (χ0n) is 24.9. The number of imide groups is 1. The van der Waals surface area contributed by atoms with Crippen LogP contribution in [0.25, 0.3) is 17.2 Å². The summed E-state index contributed by atoms with van der Waals surface area (Å²) in [6.07, 6.45) is 1.70. The van der Waals surface area contributed by atoms with Crippen molar-refractivity contribution in [2.24, 2.45) is 0 Å². The van der Waals surface area contributed by atoms with Gasteiger partial charge in [-0.15, -0.1) is 11.8 Å². The molecule has 1 fully saturated rings. The van der Waals surface area contributed by atoms with E-state index < -0.39 is 17.1 Å². The molecule has 5 aromatic carbocycles. The van der Waals surface area contributed by atoms with Gasteiger partial charge in [0.1, 0.15) is 5.70 Å². The molecule has 5 aromatic rings. The Morgan fingerprint density at radius 3 is 2.02 bits per heavy atom. The Kier molecular flexibility index (Phi) is 9.61. The Morgan fingerprint density at radius 1 is 0.745 bits per heavy atom. The molecule has 0 bridgehead atoms. The number of nitrogens with one attached hydrogen (secondary N) is 2. The lowest BCUT2D eigenvalue weighted by molar-refractivity contribution is -0.121. The summed E-state index contributed by atoms with van der Waals surface area (Å²) in [7, 11) is 0. The molecule has 232 valence electrons. The van der Waals surface area contributed by atoms with Crippen molar-refractivity contribution in [3.63, 3.8) is 0 Å². The largest absolute Gasteiger partial charge is 0.321 e. The molecular weight excluding hydrogens is 630 g/mol. The Balaban J connectivity index is 1.16. The highest BCUT2D eigenvalue weighted by atomic mass is 35.5. The molecule has 0 aliphatic carbocycles. The first-order chi connectivity index (χ1) is 22.8. The molecule has 0 radical (unpaired) electrons. The maximum atomic E-state index is 13.5. The smallest absolute Gasteiger partial charge is 0.272 e. The fourth-order valence-electron chi connectivity index (χ4n) is 5.05. The van der Waals surface area contributed by atoms with E-state index in [0.29, 0.717) is 22.0 Å². The number of anilines is 2. The van der Waals surface area contributed by atoms with Crippen LogP contribution in [-0.4, -0.2) is 28.9 Å². The van der Waals surface area contributed by atoms with Gasteiger partial charge in [-0.1, -0.05) is 84.4 Å². The number of nitrogens with zero attached hydrogens (tertiary/aromatic N) is 1. The molecule has 0 saturated carbocycles. The van der Waals surface area contributed by atoms with Crippen molar-refractivity contribution in [3.8, 4) is 11.1 Å². The van der Waals surface area contributed by atoms with Crippen molar-refractivity contribution in [1.29, 1.82) is 0 Å². The molecule has 1 aliphatic heterocycles. The molecule has 1 unspecified atom stereocenters. The van der Waals surface area contributed by atoms with Crippen molar-refractivity contribution in [2.45, 2.75) is 16.6 Å². The van der Waals surface area contributed by atoms with Crippen molar-refractivity contribution in [3.05, 3.63) is 155 Å². The van der Waals surface area contributed by atoms with Crippen LogP contribution in [0.2, 0.25) is 5.02 Å². The van der Waals surface area contributed by atoms with E-state index in [-0.39, 0.29) is 23.9 Å². The van der Waals surface area contributed by atoms with Crippen LogP contribution >= 0.6 is 23.4 Å². The quantitative estimate of drug-likeness (QED) is 0.124. The van der Waals surface area contributed by atoms with Crippen molar-refractivity contribution in [1.82, 2.24) is 5.32 Å². The van der Waals surface area contributed by atoms with Crippen LogP contribution in [0, 0.1) is 0 Å². The van der Waals surface area contributed by atoms with Gasteiger partial charge in [-0.2, -0.15) is 0 Å². The lowest BCUT2D eigenvalue weighted by atomic mass is 10.0. The van der Waals surface area contributed by atoms with E-state index in [4.69, 9.17) is 11.6 Å². The van der Waals surface area contributed by atoms with Crippen LogP contribution in [0.4, 0.5) is 11.4 Å². The molecule has 7 nitrogen and oxygen atoms in total. The average molecular weight is 658 g/mol. The third-order valence-electron chi connectivity index (χ3n) is 7.44. The van der Waals surface area contributed by atoms with Gasteiger partial charge < -0.3 is 10.6 Å². The molecule has 1 saturated heterocycles. The number of benzene rings is 5. The summed E-state index contributed by atoms with van der Waals surface area (Å²) in [5.74, 6) is -1.48. The minimum Gasteiger partial charge on any atom is -0.321 e. The first kappa shape index (κ1) is 31.5. The zero-order chi connectivity index (χ0) is 32.8. The first-order valence-electron chi connectivity index (χ1n) is 14.8. The van der Waals surface area contributed by atoms with Gasteiger partial charge in [0.05, 0.1) is 10.9 Å². The number of hydrogen-bond donors (Lipinski definition) is 2. The van der Waals surface area contributed by atoms with Crippen LogP contribution < -0.4 is 15.5 Å². The molecule has 1 heterocycles. The second-order valence-corrected chi connectivity index (χ2v) is 12.4. The Bertz CT molecular complexity index is 1950. The average Bonchev–Trinajstić information content (AvgIpc) is 3.38. The molecule has 6 rings (SSSR count). The predicted octanol–water partition coefficient (Wildman–Crippen LogP) is 7.84. The van der Waals surface area contributed by atoms with Crippen molar-refractivity contribution >= 4 is 64.4 Å². The van der Waals surface area contributed by atoms with Gasteiger partial charge in [-0.05, 0) is 83.4 Å². The Hall–Kier alpha value is -5.44. The second-order valence-electron chi connectivity index (χ2n) is 10.7. The summed E-state index contributed by atoms with van der Waals surface area (Å²) in [5, 5.41) is 5.56. The highest BCUT2D eigenvalue weighted by Crippen LogP contribution is 2.35. The summed E-state index contributed by atoms with van der Waals surface area (Å²) < 4.78 is 0. The maximum absolute atomic E-state index is 13.5. The number of carbonyl (C=O) groups is 4. The van der Waals surface area contributed by atoms with Crippen LogP contribution in [-0.2, 0) is 14.4 Å². The van der Waals surface area contributed by atoms with Crippen molar-refractivity contribution < 1.29 is 19.2 Å². The number of amides is 4.